The van der Waals surface area contributed by atoms with Crippen LogP contribution in [0.15, 0.2) is 36.8 Å². The normalized spacial score (nSPS) is 19.2. The zero-order valence-corrected chi connectivity index (χ0v) is 17.3. The van der Waals surface area contributed by atoms with E-state index in [4.69, 9.17) is 25.2 Å². The third-order valence-corrected chi connectivity index (χ3v) is 5.80. The number of nitrogens with zero attached hydrogens (tertiary/aromatic N) is 5. The Labute approximate surface area is 178 Å². The van der Waals surface area contributed by atoms with Crippen LogP contribution in [0.5, 0.6) is 0 Å². The molecule has 10 nitrogen and oxygen atoms in total. The Morgan fingerprint density at radius 1 is 1.35 bits per heavy atom. The zero-order valence-electron chi connectivity index (χ0n) is 17.3. The van der Waals surface area contributed by atoms with Crippen molar-refractivity contribution in [3.63, 3.8) is 0 Å². The largest absolute Gasteiger partial charge is 0.379 e. The van der Waals surface area contributed by atoms with E-state index in [0.717, 1.165) is 23.4 Å². The third kappa shape index (κ3) is 3.11. The van der Waals surface area contributed by atoms with E-state index in [1.807, 2.05) is 24.4 Å². The lowest BCUT2D eigenvalue weighted by Gasteiger charge is -2.33. The first-order valence-electron chi connectivity index (χ1n) is 10.0. The van der Waals surface area contributed by atoms with Crippen LogP contribution in [0, 0.1) is 0 Å². The van der Waals surface area contributed by atoms with Crippen molar-refractivity contribution in [1.82, 2.24) is 24.1 Å². The van der Waals surface area contributed by atoms with Gasteiger partial charge in [-0.3, -0.25) is 4.79 Å². The summed E-state index contributed by atoms with van der Waals surface area (Å²) in [4.78, 5) is 21.2. The molecule has 0 radical (unpaired) electrons. The summed E-state index contributed by atoms with van der Waals surface area (Å²) in [5.74, 6) is 0.965. The Morgan fingerprint density at radius 3 is 3.00 bits per heavy atom. The number of carbonyl (C=O) groups is 1. The van der Waals surface area contributed by atoms with Gasteiger partial charge in [0.1, 0.15) is 23.3 Å². The van der Waals surface area contributed by atoms with Crippen molar-refractivity contribution in [3.8, 4) is 22.6 Å². The van der Waals surface area contributed by atoms with Gasteiger partial charge in [0, 0.05) is 50.4 Å². The fourth-order valence-corrected chi connectivity index (χ4v) is 4.23. The number of ether oxygens (including phenoxy) is 2. The van der Waals surface area contributed by atoms with Gasteiger partial charge in [-0.05, 0) is 18.6 Å². The minimum Gasteiger partial charge on any atom is -0.379 e. The van der Waals surface area contributed by atoms with Crippen LogP contribution in [-0.2, 0) is 9.47 Å². The first-order valence-corrected chi connectivity index (χ1v) is 10.0. The molecule has 5 rings (SSSR count). The third-order valence-electron chi connectivity index (χ3n) is 5.80. The van der Waals surface area contributed by atoms with Gasteiger partial charge < -0.3 is 25.1 Å². The number of fused-ring (bicyclic) bond motifs is 2. The minimum absolute atomic E-state index is 0.0419. The SMILES string of the molecule is CNc1cc(-c2cnc3n([C@@H]4CCOC[C@H]4OC)cccc2-3)nc2c(C(N)=O)cnn12. The predicted octanol–water partition coefficient (Wildman–Crippen LogP) is 1.81. The second kappa shape index (κ2) is 7.64. The van der Waals surface area contributed by atoms with Gasteiger partial charge in [0.05, 0.1) is 24.5 Å². The molecule has 5 heterocycles. The molecule has 3 N–H and O–H groups in total. The fourth-order valence-electron chi connectivity index (χ4n) is 4.23. The fraction of sp³-hybridized carbons (Fsp3) is 0.333. The Bertz CT molecular complexity index is 1230. The number of methoxy groups -OCH3 is 1. The molecular formula is C21H23N7O3. The van der Waals surface area contributed by atoms with Crippen LogP contribution in [0.2, 0.25) is 0 Å². The average molecular weight is 421 g/mol. The molecular weight excluding hydrogens is 398 g/mol. The van der Waals surface area contributed by atoms with Crippen LogP contribution < -0.4 is 11.1 Å². The van der Waals surface area contributed by atoms with Crippen molar-refractivity contribution in [2.45, 2.75) is 18.6 Å². The lowest BCUT2D eigenvalue weighted by atomic mass is 10.0. The second-order valence-corrected chi connectivity index (χ2v) is 7.46. The molecule has 0 spiro atoms. The lowest BCUT2D eigenvalue weighted by Crippen LogP contribution is -2.36. The molecule has 10 heteroatoms. The van der Waals surface area contributed by atoms with E-state index in [1.54, 1.807) is 24.9 Å². The Hall–Kier alpha value is -3.50. The van der Waals surface area contributed by atoms with Crippen LogP contribution in [0.25, 0.3) is 28.3 Å². The zero-order chi connectivity index (χ0) is 21.5. The molecule has 0 bridgehead atoms. The Kier molecular flexibility index (Phi) is 4.79. The second-order valence-electron chi connectivity index (χ2n) is 7.46. The molecule has 0 saturated carbocycles. The van der Waals surface area contributed by atoms with E-state index >= 15 is 0 Å². The summed E-state index contributed by atoms with van der Waals surface area (Å²) in [7, 11) is 3.49. The van der Waals surface area contributed by atoms with Gasteiger partial charge in [-0.25, -0.2) is 9.97 Å². The van der Waals surface area contributed by atoms with Gasteiger partial charge in [0.25, 0.3) is 5.91 Å². The Balaban J connectivity index is 1.63. The quantitative estimate of drug-likeness (QED) is 0.504. The average Bonchev–Trinajstić information content (AvgIpc) is 3.42. The molecule has 31 heavy (non-hydrogen) atoms. The molecule has 2 aromatic rings. The summed E-state index contributed by atoms with van der Waals surface area (Å²) in [6.07, 6.45) is 6.07. The van der Waals surface area contributed by atoms with Gasteiger partial charge in [0.15, 0.2) is 5.65 Å². The van der Waals surface area contributed by atoms with Crippen molar-refractivity contribution >= 4 is 17.4 Å². The van der Waals surface area contributed by atoms with Crippen molar-refractivity contribution in [1.29, 1.82) is 0 Å². The van der Waals surface area contributed by atoms with Crippen molar-refractivity contribution < 1.29 is 14.3 Å². The van der Waals surface area contributed by atoms with E-state index < -0.39 is 5.91 Å². The van der Waals surface area contributed by atoms with E-state index in [0.29, 0.717) is 30.4 Å². The predicted molar refractivity (Wildman–Crippen MR) is 114 cm³/mol. The number of nitrogens with two attached hydrogens (primary N) is 1. The van der Waals surface area contributed by atoms with Gasteiger partial charge in [-0.15, -0.1) is 0 Å². The van der Waals surface area contributed by atoms with Crippen molar-refractivity contribution in [2.75, 3.05) is 32.7 Å². The number of rotatable bonds is 5. The van der Waals surface area contributed by atoms with Gasteiger partial charge in [-0.2, -0.15) is 9.61 Å². The number of pyridine rings is 1. The standard InChI is InChI=1S/C21H23N7O3/c1-23-18-8-15(26-21-14(19(22)29)10-25-28(18)21)13-9-24-20-12(13)4-3-6-27(20)16-5-7-31-11-17(16)30-2/h3-4,6,8-10,16-17,23H,5,7,11H2,1-2H3,(H2,22,29)/t16-,17-/m1/s1. The molecule has 2 atom stereocenters. The first kappa shape index (κ1) is 19.5. The van der Waals surface area contributed by atoms with Crippen LogP contribution in [0.3, 0.4) is 0 Å². The van der Waals surface area contributed by atoms with E-state index in [9.17, 15) is 4.79 Å². The van der Waals surface area contributed by atoms with Crippen molar-refractivity contribution in [2.24, 2.45) is 5.73 Å². The minimum atomic E-state index is -0.574. The maximum atomic E-state index is 11.8. The molecule has 160 valence electrons. The van der Waals surface area contributed by atoms with E-state index in [2.05, 4.69) is 15.0 Å². The summed E-state index contributed by atoms with van der Waals surface area (Å²) in [6, 6.07) is 6.03. The maximum absolute atomic E-state index is 11.8. The maximum Gasteiger partial charge on any atom is 0.254 e. The number of carbonyl (C=O) groups excluding carboxylic acids is 1. The van der Waals surface area contributed by atoms with Gasteiger partial charge >= 0.3 is 0 Å². The van der Waals surface area contributed by atoms with Crippen LogP contribution in [0.1, 0.15) is 22.8 Å². The highest BCUT2D eigenvalue weighted by Crippen LogP contribution is 2.37. The monoisotopic (exact) mass is 421 g/mol. The highest BCUT2D eigenvalue weighted by molar-refractivity contribution is 5.99. The highest BCUT2D eigenvalue weighted by Gasteiger charge is 2.30. The molecule has 0 aromatic carbocycles. The molecule has 1 amide bonds. The molecule has 0 unspecified atom stereocenters. The van der Waals surface area contributed by atoms with E-state index in [1.165, 1.54) is 6.20 Å². The molecule has 2 aromatic heterocycles. The molecule has 3 aliphatic heterocycles. The van der Waals surface area contributed by atoms with Crippen LogP contribution >= 0.6 is 0 Å². The molecule has 0 aliphatic carbocycles. The van der Waals surface area contributed by atoms with Gasteiger partial charge in [-0.1, -0.05) is 0 Å². The summed E-state index contributed by atoms with van der Waals surface area (Å²) >= 11 is 0. The number of primary amides is 1. The topological polar surface area (TPSA) is 122 Å². The van der Waals surface area contributed by atoms with Crippen LogP contribution in [-0.4, -0.2) is 63.5 Å². The number of anilines is 1. The van der Waals surface area contributed by atoms with Crippen LogP contribution in [0.4, 0.5) is 5.82 Å². The molecule has 3 aliphatic rings. The number of aromatic nitrogens is 5. The number of amides is 1. The van der Waals surface area contributed by atoms with Gasteiger partial charge in [0.2, 0.25) is 0 Å². The molecule has 1 saturated heterocycles. The number of nitrogens with one attached hydrogen (secondary N) is 1. The first-order chi connectivity index (χ1) is 15.1. The number of hydrogen-bond acceptors (Lipinski definition) is 7. The summed E-state index contributed by atoms with van der Waals surface area (Å²) in [5, 5.41) is 7.34. The summed E-state index contributed by atoms with van der Waals surface area (Å²) in [6.45, 7) is 1.24. The highest BCUT2D eigenvalue weighted by atomic mass is 16.5. The number of hydrogen-bond donors (Lipinski definition) is 2. The Morgan fingerprint density at radius 2 is 2.23 bits per heavy atom. The van der Waals surface area contributed by atoms with Crippen molar-refractivity contribution in [3.05, 3.63) is 42.4 Å². The smallest absolute Gasteiger partial charge is 0.254 e. The van der Waals surface area contributed by atoms with E-state index in [-0.39, 0.29) is 17.7 Å². The molecule has 1 fully saturated rings. The summed E-state index contributed by atoms with van der Waals surface area (Å²) < 4.78 is 15.0. The lowest BCUT2D eigenvalue weighted by molar-refractivity contribution is -0.0600. The summed E-state index contributed by atoms with van der Waals surface area (Å²) in [5.41, 5.74) is 8.68.